The summed E-state index contributed by atoms with van der Waals surface area (Å²) in [4.78, 5) is 17.0. The second-order valence-electron chi connectivity index (χ2n) is 9.21. The molecule has 1 amide bonds. The van der Waals surface area contributed by atoms with E-state index in [9.17, 15) is 43.6 Å². The zero-order valence-electron chi connectivity index (χ0n) is 21.0. The quantitative estimate of drug-likeness (QED) is 0.392. The Morgan fingerprint density at radius 2 is 1.74 bits per heavy atom. The molecule has 3 rings (SSSR count). The number of carbonyl (C=O) groups is 1. The lowest BCUT2D eigenvalue weighted by molar-refractivity contribution is -0.138. The van der Waals surface area contributed by atoms with Gasteiger partial charge in [0, 0.05) is 19.3 Å². The molecule has 1 unspecified atom stereocenters. The van der Waals surface area contributed by atoms with Crippen molar-refractivity contribution in [2.45, 2.75) is 49.3 Å². The molecule has 0 N–H and O–H groups in total. The van der Waals surface area contributed by atoms with E-state index in [0.29, 0.717) is 25.1 Å². The fraction of sp³-hybridized carbons (Fsp3) is 0.500. The lowest BCUT2D eigenvalue weighted by atomic mass is 9.86. The second-order valence-corrected chi connectivity index (χ2v) is 13.5. The Balaban J connectivity index is 1.71. The van der Waals surface area contributed by atoms with Crippen LogP contribution in [0.1, 0.15) is 42.7 Å². The molecule has 1 aliphatic heterocycles. The van der Waals surface area contributed by atoms with Crippen molar-refractivity contribution in [1.29, 1.82) is 0 Å². The van der Waals surface area contributed by atoms with Crippen molar-refractivity contribution in [1.82, 2.24) is 9.88 Å². The molecule has 1 aromatic carbocycles. The summed E-state index contributed by atoms with van der Waals surface area (Å²) in [5.74, 6) is -2.46. The van der Waals surface area contributed by atoms with Crippen LogP contribution in [0.4, 0.5) is 22.0 Å². The number of pyridine rings is 1. The highest BCUT2D eigenvalue weighted by atomic mass is 32.2. The largest absolute Gasteiger partial charge is 0.435 e. The van der Waals surface area contributed by atoms with Crippen LogP contribution < -0.4 is 4.74 Å². The van der Waals surface area contributed by atoms with E-state index in [1.54, 1.807) is 6.92 Å². The molecule has 0 bridgehead atoms. The maximum atomic E-state index is 13.2. The minimum atomic E-state index is -4.85. The summed E-state index contributed by atoms with van der Waals surface area (Å²) in [5.41, 5.74) is -1.88. The van der Waals surface area contributed by atoms with E-state index < -0.39 is 60.3 Å². The number of sulfone groups is 2. The predicted molar refractivity (Wildman–Crippen MR) is 130 cm³/mol. The molecule has 0 saturated carbocycles. The Kier molecular flexibility index (Phi) is 9.25. The summed E-state index contributed by atoms with van der Waals surface area (Å²) in [6, 6.07) is 5.22. The standard InChI is InChI=1S/C24H27F5N2O6S2/c1-3-38(33,34)20-11-17(24(27,28)29)13-30-21(20)22(32)31-9-7-16(8-10-31)15(2)14-39(35,36)19-6-4-5-18(12-19)37-23(25)26/h4-6,11-13,15-16,23H,3,7-10,14H2,1-2H3. The summed E-state index contributed by atoms with van der Waals surface area (Å²) in [7, 11) is -8.06. The molecule has 2 aromatic rings. The zero-order valence-corrected chi connectivity index (χ0v) is 22.6. The Morgan fingerprint density at radius 1 is 1.10 bits per heavy atom. The number of rotatable bonds is 9. The Morgan fingerprint density at radius 3 is 2.31 bits per heavy atom. The monoisotopic (exact) mass is 598 g/mol. The van der Waals surface area contributed by atoms with Crippen molar-refractivity contribution in [2.24, 2.45) is 11.8 Å². The molecule has 2 heterocycles. The van der Waals surface area contributed by atoms with Crippen LogP contribution in [0.3, 0.4) is 0 Å². The number of ether oxygens (including phenoxy) is 1. The van der Waals surface area contributed by atoms with Gasteiger partial charge in [0.2, 0.25) is 0 Å². The fourth-order valence-electron chi connectivity index (χ4n) is 4.40. The van der Waals surface area contributed by atoms with Crippen molar-refractivity contribution < 1.29 is 48.3 Å². The molecule has 216 valence electrons. The van der Waals surface area contributed by atoms with Crippen molar-refractivity contribution in [3.63, 3.8) is 0 Å². The SMILES string of the molecule is CCS(=O)(=O)c1cc(C(F)(F)F)cnc1C(=O)N1CCC(C(C)CS(=O)(=O)c2cccc(OC(F)F)c2)CC1. The van der Waals surface area contributed by atoms with Crippen molar-refractivity contribution in [3.8, 4) is 5.75 Å². The lowest BCUT2D eigenvalue weighted by Crippen LogP contribution is -2.41. The third-order valence-corrected chi connectivity index (χ3v) is 10.3. The smallest absolute Gasteiger partial charge is 0.417 e. The first-order chi connectivity index (χ1) is 18.0. The zero-order chi connectivity index (χ0) is 29.2. The summed E-state index contributed by atoms with van der Waals surface area (Å²) >= 11 is 0. The van der Waals surface area contributed by atoms with Crippen LogP contribution in [0.5, 0.6) is 5.75 Å². The number of carbonyl (C=O) groups excluding carboxylic acids is 1. The number of alkyl halides is 5. The molecular weight excluding hydrogens is 571 g/mol. The minimum absolute atomic E-state index is 0.111. The normalized spacial score (nSPS) is 16.4. The number of amides is 1. The molecule has 1 atom stereocenters. The first kappa shape index (κ1) is 30.7. The number of benzene rings is 1. The average Bonchev–Trinajstić information content (AvgIpc) is 2.87. The van der Waals surface area contributed by atoms with Gasteiger partial charge >= 0.3 is 12.8 Å². The maximum Gasteiger partial charge on any atom is 0.417 e. The van der Waals surface area contributed by atoms with E-state index in [4.69, 9.17) is 0 Å². The van der Waals surface area contributed by atoms with Crippen LogP contribution in [0.15, 0.2) is 46.3 Å². The van der Waals surface area contributed by atoms with E-state index >= 15 is 0 Å². The van der Waals surface area contributed by atoms with E-state index in [0.717, 1.165) is 6.07 Å². The highest BCUT2D eigenvalue weighted by Crippen LogP contribution is 2.33. The number of piperidine rings is 1. The first-order valence-corrected chi connectivity index (χ1v) is 15.2. The second kappa shape index (κ2) is 11.7. The molecular formula is C24H27F5N2O6S2. The van der Waals surface area contributed by atoms with Gasteiger partial charge in [0.1, 0.15) is 11.4 Å². The van der Waals surface area contributed by atoms with E-state index in [2.05, 4.69) is 9.72 Å². The van der Waals surface area contributed by atoms with Crippen LogP contribution in [0.25, 0.3) is 0 Å². The Bertz CT molecular complexity index is 1410. The summed E-state index contributed by atoms with van der Waals surface area (Å²) in [6.45, 7) is 0.0700. The molecule has 8 nitrogen and oxygen atoms in total. The Labute approximate surface area is 223 Å². The Hall–Kier alpha value is -2.81. The van der Waals surface area contributed by atoms with Gasteiger partial charge in [-0.05, 0) is 48.9 Å². The summed E-state index contributed by atoms with van der Waals surface area (Å²) in [5, 5.41) is 0. The summed E-state index contributed by atoms with van der Waals surface area (Å²) < 4.78 is 119. The third kappa shape index (κ3) is 7.44. The molecule has 0 aliphatic carbocycles. The van der Waals surface area contributed by atoms with Gasteiger partial charge in [0.05, 0.1) is 26.9 Å². The topological polar surface area (TPSA) is 111 Å². The number of nitrogens with zero attached hydrogens (tertiary/aromatic N) is 2. The lowest BCUT2D eigenvalue weighted by Gasteiger charge is -2.35. The van der Waals surface area contributed by atoms with Gasteiger partial charge in [-0.1, -0.05) is 19.9 Å². The molecule has 39 heavy (non-hydrogen) atoms. The summed E-state index contributed by atoms with van der Waals surface area (Å²) in [6.07, 6.45) is -3.72. The van der Waals surface area contributed by atoms with E-state index in [1.807, 2.05) is 0 Å². The van der Waals surface area contributed by atoms with Crippen LogP contribution >= 0.6 is 0 Å². The molecule has 1 aliphatic rings. The van der Waals surface area contributed by atoms with Gasteiger partial charge < -0.3 is 9.64 Å². The van der Waals surface area contributed by atoms with Crippen LogP contribution in [0, 0.1) is 11.8 Å². The number of hydrogen-bond acceptors (Lipinski definition) is 7. The predicted octanol–water partition coefficient (Wildman–Crippen LogP) is 4.46. The average molecular weight is 599 g/mol. The van der Waals surface area contributed by atoms with Crippen LogP contribution in [-0.4, -0.2) is 63.8 Å². The fourth-order valence-corrected chi connectivity index (χ4v) is 7.19. The highest BCUT2D eigenvalue weighted by Gasteiger charge is 2.36. The molecule has 15 heteroatoms. The van der Waals surface area contributed by atoms with Gasteiger partial charge in [-0.25, -0.2) is 21.8 Å². The van der Waals surface area contributed by atoms with Gasteiger partial charge in [-0.15, -0.1) is 0 Å². The third-order valence-electron chi connectivity index (χ3n) is 6.60. The number of likely N-dealkylation sites (tertiary alicyclic amines) is 1. The van der Waals surface area contributed by atoms with Crippen LogP contribution in [0.2, 0.25) is 0 Å². The van der Waals surface area contributed by atoms with Crippen molar-refractivity contribution in [2.75, 3.05) is 24.6 Å². The molecule has 1 saturated heterocycles. The molecule has 0 spiro atoms. The molecule has 1 fully saturated rings. The first-order valence-electron chi connectivity index (χ1n) is 11.9. The van der Waals surface area contributed by atoms with E-state index in [1.165, 1.54) is 30.0 Å². The highest BCUT2D eigenvalue weighted by molar-refractivity contribution is 7.91. The van der Waals surface area contributed by atoms with Gasteiger partial charge in [0.15, 0.2) is 19.7 Å². The van der Waals surface area contributed by atoms with Gasteiger partial charge in [-0.2, -0.15) is 22.0 Å². The minimum Gasteiger partial charge on any atom is -0.435 e. The number of aromatic nitrogens is 1. The molecule has 1 aromatic heterocycles. The molecule has 0 radical (unpaired) electrons. The van der Waals surface area contributed by atoms with Crippen LogP contribution in [-0.2, 0) is 25.9 Å². The van der Waals surface area contributed by atoms with Gasteiger partial charge in [-0.3, -0.25) is 4.79 Å². The number of halogens is 5. The van der Waals surface area contributed by atoms with Crippen molar-refractivity contribution in [3.05, 3.63) is 47.8 Å². The number of hydrogen-bond donors (Lipinski definition) is 0. The van der Waals surface area contributed by atoms with Crippen molar-refractivity contribution >= 4 is 25.6 Å². The van der Waals surface area contributed by atoms with Gasteiger partial charge in [0.25, 0.3) is 5.91 Å². The van der Waals surface area contributed by atoms with E-state index in [-0.39, 0.29) is 41.3 Å². The maximum absolute atomic E-state index is 13.2.